The molecule has 0 aliphatic carbocycles. The second-order valence-electron chi connectivity index (χ2n) is 5.40. The summed E-state index contributed by atoms with van der Waals surface area (Å²) in [5, 5.41) is 3.24. The molecule has 3 rings (SSSR count). The second kappa shape index (κ2) is 6.79. The lowest BCUT2D eigenvalue weighted by molar-refractivity contribution is -0.117. The Hall–Kier alpha value is -2.40. The first-order chi connectivity index (χ1) is 11.1. The van der Waals surface area contributed by atoms with E-state index in [0.29, 0.717) is 17.3 Å². The SMILES string of the molecule is O=C(Cc1ccc(N2CCCC2=O)cc1)Nc1ccc(Cl)cn1. The number of benzene rings is 1. The highest BCUT2D eigenvalue weighted by molar-refractivity contribution is 6.30. The van der Waals surface area contributed by atoms with Crippen LogP contribution in [0.3, 0.4) is 0 Å². The van der Waals surface area contributed by atoms with Crippen molar-refractivity contribution in [3.63, 3.8) is 0 Å². The molecule has 1 saturated heterocycles. The van der Waals surface area contributed by atoms with Crippen LogP contribution in [0.25, 0.3) is 0 Å². The number of nitrogens with zero attached hydrogens (tertiary/aromatic N) is 2. The van der Waals surface area contributed by atoms with Crippen molar-refractivity contribution in [2.24, 2.45) is 0 Å². The van der Waals surface area contributed by atoms with E-state index >= 15 is 0 Å². The third kappa shape index (κ3) is 3.87. The highest BCUT2D eigenvalue weighted by Crippen LogP contribution is 2.21. The van der Waals surface area contributed by atoms with Gasteiger partial charge in [0.1, 0.15) is 5.82 Å². The standard InChI is InChI=1S/C17H16ClN3O2/c18-13-5-8-15(19-11-13)20-16(22)10-12-3-6-14(7-4-12)21-9-1-2-17(21)23/h3-8,11H,1-2,9-10H2,(H,19,20,22). The molecule has 6 heteroatoms. The Morgan fingerprint density at radius 2 is 2.00 bits per heavy atom. The van der Waals surface area contributed by atoms with Gasteiger partial charge in [-0.05, 0) is 36.2 Å². The van der Waals surface area contributed by atoms with E-state index in [9.17, 15) is 9.59 Å². The summed E-state index contributed by atoms with van der Waals surface area (Å²) < 4.78 is 0. The fourth-order valence-electron chi connectivity index (χ4n) is 2.54. The molecular formula is C17H16ClN3O2. The smallest absolute Gasteiger partial charge is 0.229 e. The number of aromatic nitrogens is 1. The molecule has 0 unspecified atom stereocenters. The molecule has 1 aliphatic heterocycles. The number of nitrogens with one attached hydrogen (secondary N) is 1. The lowest BCUT2D eigenvalue weighted by Gasteiger charge is -2.15. The summed E-state index contributed by atoms with van der Waals surface area (Å²) in [5.41, 5.74) is 1.77. The Kier molecular flexibility index (Phi) is 4.57. The molecule has 0 atom stereocenters. The normalized spacial score (nSPS) is 14.1. The summed E-state index contributed by atoms with van der Waals surface area (Å²) in [7, 11) is 0. The zero-order chi connectivity index (χ0) is 16.2. The van der Waals surface area contributed by atoms with Crippen LogP contribution in [0.15, 0.2) is 42.6 Å². The topological polar surface area (TPSA) is 62.3 Å². The van der Waals surface area contributed by atoms with Crippen LogP contribution in [0, 0.1) is 0 Å². The summed E-state index contributed by atoms with van der Waals surface area (Å²) in [6, 6.07) is 10.8. The first kappa shape index (κ1) is 15.5. The maximum absolute atomic E-state index is 12.0. The molecule has 2 heterocycles. The van der Waals surface area contributed by atoms with Gasteiger partial charge in [-0.15, -0.1) is 0 Å². The van der Waals surface area contributed by atoms with Crippen molar-refractivity contribution in [1.82, 2.24) is 4.98 Å². The van der Waals surface area contributed by atoms with Crippen molar-refractivity contribution < 1.29 is 9.59 Å². The van der Waals surface area contributed by atoms with E-state index < -0.39 is 0 Å². The predicted molar refractivity (Wildman–Crippen MR) is 89.6 cm³/mol. The zero-order valence-corrected chi connectivity index (χ0v) is 13.2. The third-order valence-electron chi connectivity index (χ3n) is 3.68. The number of carbonyl (C=O) groups excluding carboxylic acids is 2. The zero-order valence-electron chi connectivity index (χ0n) is 12.5. The molecule has 0 spiro atoms. The van der Waals surface area contributed by atoms with E-state index in [1.165, 1.54) is 6.20 Å². The summed E-state index contributed by atoms with van der Waals surface area (Å²) >= 11 is 5.75. The highest BCUT2D eigenvalue weighted by Gasteiger charge is 2.21. The monoisotopic (exact) mass is 329 g/mol. The number of anilines is 2. The van der Waals surface area contributed by atoms with Gasteiger partial charge in [0.05, 0.1) is 11.4 Å². The van der Waals surface area contributed by atoms with E-state index in [4.69, 9.17) is 11.6 Å². The fraction of sp³-hybridized carbons (Fsp3) is 0.235. The molecule has 2 aromatic rings. The Labute approximate surface area is 139 Å². The van der Waals surface area contributed by atoms with Crippen molar-refractivity contribution in [1.29, 1.82) is 0 Å². The molecule has 0 bridgehead atoms. The molecular weight excluding hydrogens is 314 g/mol. The van der Waals surface area contributed by atoms with E-state index in [-0.39, 0.29) is 18.2 Å². The molecule has 2 amide bonds. The number of hydrogen-bond acceptors (Lipinski definition) is 3. The molecule has 23 heavy (non-hydrogen) atoms. The van der Waals surface area contributed by atoms with Crippen LogP contribution in [0.2, 0.25) is 5.02 Å². The van der Waals surface area contributed by atoms with Crippen molar-refractivity contribution in [3.05, 3.63) is 53.2 Å². The van der Waals surface area contributed by atoms with E-state index in [1.54, 1.807) is 17.0 Å². The highest BCUT2D eigenvalue weighted by atomic mass is 35.5. The van der Waals surface area contributed by atoms with Crippen molar-refractivity contribution in [2.75, 3.05) is 16.8 Å². The number of hydrogen-bond donors (Lipinski definition) is 1. The Morgan fingerprint density at radius 1 is 1.22 bits per heavy atom. The van der Waals surface area contributed by atoms with Crippen LogP contribution < -0.4 is 10.2 Å². The van der Waals surface area contributed by atoms with E-state index in [1.807, 2.05) is 24.3 Å². The van der Waals surface area contributed by atoms with Crippen LogP contribution in [-0.4, -0.2) is 23.3 Å². The quantitative estimate of drug-likeness (QED) is 0.937. The molecule has 1 fully saturated rings. The largest absolute Gasteiger partial charge is 0.312 e. The van der Waals surface area contributed by atoms with Gasteiger partial charge in [-0.3, -0.25) is 9.59 Å². The second-order valence-corrected chi connectivity index (χ2v) is 5.84. The minimum absolute atomic E-state index is 0.148. The molecule has 5 nitrogen and oxygen atoms in total. The Bertz CT molecular complexity index is 714. The van der Waals surface area contributed by atoms with Gasteiger partial charge >= 0.3 is 0 Å². The summed E-state index contributed by atoms with van der Waals surface area (Å²) in [5.74, 6) is 0.479. The van der Waals surface area contributed by atoms with Crippen molar-refractivity contribution in [3.8, 4) is 0 Å². The van der Waals surface area contributed by atoms with Crippen molar-refractivity contribution >= 4 is 34.9 Å². The first-order valence-electron chi connectivity index (χ1n) is 7.42. The van der Waals surface area contributed by atoms with Gasteiger partial charge in [0.25, 0.3) is 0 Å². The molecule has 1 aromatic carbocycles. The van der Waals surface area contributed by atoms with Gasteiger partial charge < -0.3 is 10.2 Å². The fourth-order valence-corrected chi connectivity index (χ4v) is 2.65. The third-order valence-corrected chi connectivity index (χ3v) is 3.90. The average Bonchev–Trinajstić information content (AvgIpc) is 2.96. The number of amides is 2. The molecule has 118 valence electrons. The first-order valence-corrected chi connectivity index (χ1v) is 7.80. The summed E-state index contributed by atoms with van der Waals surface area (Å²) in [6.07, 6.45) is 3.24. The Morgan fingerprint density at radius 3 is 2.61 bits per heavy atom. The van der Waals surface area contributed by atoms with Crippen LogP contribution in [-0.2, 0) is 16.0 Å². The lowest BCUT2D eigenvalue weighted by atomic mass is 10.1. The molecule has 0 saturated carbocycles. The van der Waals surface area contributed by atoms with Crippen LogP contribution >= 0.6 is 11.6 Å². The molecule has 0 radical (unpaired) electrons. The average molecular weight is 330 g/mol. The Balaban J connectivity index is 1.60. The number of rotatable bonds is 4. The number of carbonyl (C=O) groups is 2. The van der Waals surface area contributed by atoms with Gasteiger partial charge in [0.2, 0.25) is 11.8 Å². The van der Waals surface area contributed by atoms with Gasteiger partial charge in [0.15, 0.2) is 0 Å². The van der Waals surface area contributed by atoms with Crippen molar-refractivity contribution in [2.45, 2.75) is 19.3 Å². The van der Waals surface area contributed by atoms with Gasteiger partial charge in [-0.2, -0.15) is 0 Å². The van der Waals surface area contributed by atoms with Crippen LogP contribution in [0.5, 0.6) is 0 Å². The molecule has 1 aromatic heterocycles. The molecule has 1 N–H and O–H groups in total. The minimum atomic E-state index is -0.148. The lowest BCUT2D eigenvalue weighted by Crippen LogP contribution is -2.23. The maximum Gasteiger partial charge on any atom is 0.229 e. The van der Waals surface area contributed by atoms with Gasteiger partial charge in [0, 0.05) is 24.8 Å². The predicted octanol–water partition coefficient (Wildman–Crippen LogP) is 3.04. The number of halogens is 1. The maximum atomic E-state index is 12.0. The molecule has 1 aliphatic rings. The van der Waals surface area contributed by atoms with Crippen LogP contribution in [0.1, 0.15) is 18.4 Å². The van der Waals surface area contributed by atoms with Crippen LogP contribution in [0.4, 0.5) is 11.5 Å². The number of pyridine rings is 1. The summed E-state index contributed by atoms with van der Waals surface area (Å²) in [6.45, 7) is 0.765. The van der Waals surface area contributed by atoms with E-state index in [2.05, 4.69) is 10.3 Å². The van der Waals surface area contributed by atoms with Gasteiger partial charge in [-0.25, -0.2) is 4.98 Å². The minimum Gasteiger partial charge on any atom is -0.312 e. The summed E-state index contributed by atoms with van der Waals surface area (Å²) in [4.78, 5) is 29.5. The van der Waals surface area contributed by atoms with E-state index in [0.717, 1.165) is 24.2 Å². The van der Waals surface area contributed by atoms with Gasteiger partial charge in [-0.1, -0.05) is 23.7 Å².